The van der Waals surface area contributed by atoms with Crippen molar-refractivity contribution in [1.29, 1.82) is 0 Å². The maximum Gasteiger partial charge on any atom is 0.0610 e. The molecule has 1 fully saturated rings. The largest absolute Gasteiger partial charge is 0.396 e. The van der Waals surface area contributed by atoms with Crippen LogP contribution in [-0.2, 0) is 4.52 Å². The zero-order chi connectivity index (χ0) is 10.2. The quantitative estimate of drug-likeness (QED) is 0.722. The van der Waals surface area contributed by atoms with Gasteiger partial charge in [-0.3, -0.25) is 0 Å². The predicted molar refractivity (Wildman–Crippen MR) is 62.1 cm³/mol. The first-order valence-corrected chi connectivity index (χ1v) is 6.30. The van der Waals surface area contributed by atoms with Crippen molar-refractivity contribution in [1.82, 2.24) is 0 Å². The Bertz CT molecular complexity index is 113. The molecule has 1 N–H and O–H groups in total. The monoisotopic (exact) mass is 218 g/mol. The molecule has 1 saturated carbocycles. The molecule has 84 valence electrons. The number of rotatable bonds is 2. The standard InChI is InChI=1S/C11H23O2P/c12-9-10-5-1-3-7-11(13-14)8-4-2-6-10/h10-12H,1-9,14H2. The summed E-state index contributed by atoms with van der Waals surface area (Å²) in [5.74, 6) is 0.559. The maximum absolute atomic E-state index is 9.14. The van der Waals surface area contributed by atoms with Crippen LogP contribution in [-0.4, -0.2) is 17.8 Å². The second kappa shape index (κ2) is 7.62. The molecule has 1 aliphatic rings. The van der Waals surface area contributed by atoms with E-state index in [1.807, 2.05) is 0 Å². The first kappa shape index (κ1) is 12.4. The molecule has 0 aliphatic heterocycles. The molecular formula is C11H23O2P. The molecule has 1 rings (SSSR count). The molecule has 1 unspecified atom stereocenters. The first-order chi connectivity index (χ1) is 6.86. The Morgan fingerprint density at radius 1 is 1.00 bits per heavy atom. The fourth-order valence-corrected chi connectivity index (χ4v) is 2.49. The Kier molecular flexibility index (Phi) is 6.76. The van der Waals surface area contributed by atoms with E-state index in [2.05, 4.69) is 9.47 Å². The van der Waals surface area contributed by atoms with Crippen LogP contribution in [0.15, 0.2) is 0 Å². The van der Waals surface area contributed by atoms with Crippen LogP contribution < -0.4 is 0 Å². The molecule has 1 aliphatic carbocycles. The van der Waals surface area contributed by atoms with Crippen molar-refractivity contribution in [2.45, 2.75) is 57.5 Å². The molecule has 0 spiro atoms. The van der Waals surface area contributed by atoms with Crippen LogP contribution in [0.25, 0.3) is 0 Å². The Balaban J connectivity index is 2.26. The summed E-state index contributed by atoms with van der Waals surface area (Å²) in [6.07, 6.45) is 10.2. The van der Waals surface area contributed by atoms with Gasteiger partial charge >= 0.3 is 0 Å². The summed E-state index contributed by atoms with van der Waals surface area (Å²) in [4.78, 5) is 0. The van der Waals surface area contributed by atoms with E-state index in [1.165, 1.54) is 51.4 Å². The smallest absolute Gasteiger partial charge is 0.0610 e. The molecule has 0 aromatic rings. The Morgan fingerprint density at radius 3 is 1.93 bits per heavy atom. The van der Waals surface area contributed by atoms with Gasteiger partial charge in [0.1, 0.15) is 0 Å². The van der Waals surface area contributed by atoms with Crippen LogP contribution in [0.5, 0.6) is 0 Å². The van der Waals surface area contributed by atoms with Crippen LogP contribution in [0.1, 0.15) is 51.4 Å². The van der Waals surface area contributed by atoms with Gasteiger partial charge in [-0.15, -0.1) is 0 Å². The molecule has 0 aromatic carbocycles. The van der Waals surface area contributed by atoms with Gasteiger partial charge in [-0.25, -0.2) is 0 Å². The third kappa shape index (κ3) is 4.72. The number of aliphatic hydroxyl groups excluding tert-OH is 1. The second-order valence-electron chi connectivity index (χ2n) is 4.38. The topological polar surface area (TPSA) is 29.5 Å². The lowest BCUT2D eigenvalue weighted by Crippen LogP contribution is -2.12. The van der Waals surface area contributed by atoms with Crippen molar-refractivity contribution in [3.8, 4) is 0 Å². The van der Waals surface area contributed by atoms with Gasteiger partial charge < -0.3 is 9.63 Å². The molecule has 0 saturated heterocycles. The minimum atomic E-state index is 0.379. The third-order valence-electron chi connectivity index (χ3n) is 3.23. The van der Waals surface area contributed by atoms with E-state index in [9.17, 15) is 0 Å². The van der Waals surface area contributed by atoms with Gasteiger partial charge in [0.15, 0.2) is 0 Å². The molecule has 1 atom stereocenters. The van der Waals surface area contributed by atoms with Crippen LogP contribution >= 0.6 is 9.47 Å². The summed E-state index contributed by atoms with van der Waals surface area (Å²) in [7, 11) is 2.39. The maximum atomic E-state index is 9.14. The van der Waals surface area contributed by atoms with Gasteiger partial charge in [-0.2, -0.15) is 0 Å². The number of aliphatic hydroxyl groups is 1. The Labute approximate surface area is 89.7 Å². The van der Waals surface area contributed by atoms with E-state index >= 15 is 0 Å². The molecule has 0 amide bonds. The zero-order valence-corrected chi connectivity index (χ0v) is 10.1. The van der Waals surface area contributed by atoms with E-state index in [4.69, 9.17) is 9.63 Å². The fraction of sp³-hybridized carbons (Fsp3) is 1.00. The lowest BCUT2D eigenvalue weighted by atomic mass is 9.92. The van der Waals surface area contributed by atoms with Gasteiger partial charge in [0.05, 0.1) is 6.10 Å². The highest BCUT2D eigenvalue weighted by Crippen LogP contribution is 2.23. The van der Waals surface area contributed by atoms with Crippen molar-refractivity contribution >= 4 is 9.47 Å². The van der Waals surface area contributed by atoms with Crippen LogP contribution in [0.4, 0.5) is 0 Å². The van der Waals surface area contributed by atoms with Gasteiger partial charge in [0, 0.05) is 16.1 Å². The van der Waals surface area contributed by atoms with Crippen molar-refractivity contribution in [3.05, 3.63) is 0 Å². The predicted octanol–water partition coefficient (Wildman–Crippen LogP) is 2.90. The van der Waals surface area contributed by atoms with Crippen molar-refractivity contribution < 1.29 is 9.63 Å². The zero-order valence-electron chi connectivity index (χ0n) is 8.95. The molecule has 2 nitrogen and oxygen atoms in total. The summed E-state index contributed by atoms with van der Waals surface area (Å²) < 4.78 is 5.34. The Hall–Kier alpha value is 0.350. The molecule has 0 heterocycles. The average Bonchev–Trinajstić information content (AvgIpc) is 2.25. The SMILES string of the molecule is OCC1CCCCC(OP)CCCC1. The molecule has 3 heteroatoms. The highest BCUT2D eigenvalue weighted by Gasteiger charge is 2.12. The fourth-order valence-electron chi connectivity index (χ4n) is 2.22. The van der Waals surface area contributed by atoms with Gasteiger partial charge in [-0.1, -0.05) is 25.7 Å². The van der Waals surface area contributed by atoms with Crippen molar-refractivity contribution in [2.24, 2.45) is 5.92 Å². The molecular weight excluding hydrogens is 195 g/mol. The molecule has 0 radical (unpaired) electrons. The first-order valence-electron chi connectivity index (χ1n) is 5.83. The highest BCUT2D eigenvalue weighted by atomic mass is 31.0. The summed E-state index contributed by atoms with van der Waals surface area (Å²) >= 11 is 0. The molecule has 0 aromatic heterocycles. The minimum absolute atomic E-state index is 0.379. The summed E-state index contributed by atoms with van der Waals surface area (Å²) in [6, 6.07) is 0. The van der Waals surface area contributed by atoms with Gasteiger partial charge in [-0.05, 0) is 31.6 Å². The third-order valence-corrected chi connectivity index (χ3v) is 3.61. The summed E-state index contributed by atoms with van der Waals surface area (Å²) in [5, 5.41) is 9.14. The van der Waals surface area contributed by atoms with E-state index in [0.717, 1.165) is 0 Å². The van der Waals surface area contributed by atoms with E-state index < -0.39 is 0 Å². The lowest BCUT2D eigenvalue weighted by molar-refractivity contribution is 0.175. The highest BCUT2D eigenvalue weighted by molar-refractivity contribution is 7.09. The van der Waals surface area contributed by atoms with Crippen molar-refractivity contribution in [3.63, 3.8) is 0 Å². The van der Waals surface area contributed by atoms with Crippen molar-refractivity contribution in [2.75, 3.05) is 6.61 Å². The van der Waals surface area contributed by atoms with E-state index in [0.29, 0.717) is 18.6 Å². The number of hydrogen-bond acceptors (Lipinski definition) is 2. The van der Waals surface area contributed by atoms with Crippen LogP contribution in [0, 0.1) is 5.92 Å². The summed E-state index contributed by atoms with van der Waals surface area (Å²) in [5.41, 5.74) is 0. The van der Waals surface area contributed by atoms with E-state index in [-0.39, 0.29) is 0 Å². The summed E-state index contributed by atoms with van der Waals surface area (Å²) in [6.45, 7) is 0.379. The lowest BCUT2D eigenvalue weighted by Gasteiger charge is -2.19. The second-order valence-corrected chi connectivity index (χ2v) is 4.65. The van der Waals surface area contributed by atoms with Crippen LogP contribution in [0.3, 0.4) is 0 Å². The van der Waals surface area contributed by atoms with Gasteiger partial charge in [0.2, 0.25) is 0 Å². The van der Waals surface area contributed by atoms with E-state index in [1.54, 1.807) is 0 Å². The van der Waals surface area contributed by atoms with Gasteiger partial charge in [0.25, 0.3) is 0 Å². The number of hydrogen-bond donors (Lipinski definition) is 1. The van der Waals surface area contributed by atoms with Crippen LogP contribution in [0.2, 0.25) is 0 Å². The molecule has 14 heavy (non-hydrogen) atoms. The Morgan fingerprint density at radius 2 is 1.50 bits per heavy atom. The molecule has 0 bridgehead atoms. The normalized spacial score (nSPS) is 31.3. The minimum Gasteiger partial charge on any atom is -0.396 e. The average molecular weight is 218 g/mol.